The summed E-state index contributed by atoms with van der Waals surface area (Å²) < 4.78 is 6.06. The summed E-state index contributed by atoms with van der Waals surface area (Å²) in [6, 6.07) is 5.81. The second-order valence-corrected chi connectivity index (χ2v) is 4.39. The molecule has 3 heteroatoms. The zero-order chi connectivity index (χ0) is 10.1. The van der Waals surface area contributed by atoms with Gasteiger partial charge in [0, 0.05) is 11.6 Å². The molecule has 1 aliphatic rings. The second kappa shape index (κ2) is 3.73. The highest BCUT2D eigenvalue weighted by molar-refractivity contribution is 9.10. The summed E-state index contributed by atoms with van der Waals surface area (Å²) in [7, 11) is 1.64. The summed E-state index contributed by atoms with van der Waals surface area (Å²) in [6.07, 6.45) is 2.34. The van der Waals surface area contributed by atoms with Gasteiger partial charge in [-0.2, -0.15) is 0 Å². The van der Waals surface area contributed by atoms with Gasteiger partial charge in [0.05, 0.1) is 11.6 Å². The third-order valence-electron chi connectivity index (χ3n) is 2.45. The number of hydrogen-bond acceptors (Lipinski definition) is 2. The average Bonchev–Trinajstić information content (AvgIpc) is 3.00. The Morgan fingerprint density at radius 2 is 2.21 bits per heavy atom. The van der Waals surface area contributed by atoms with Gasteiger partial charge in [0.25, 0.3) is 0 Å². The van der Waals surface area contributed by atoms with Crippen molar-refractivity contribution in [2.75, 3.05) is 7.11 Å². The number of rotatable bonds is 3. The molecule has 1 aromatic carbocycles. The Labute approximate surface area is 91.9 Å². The average molecular weight is 254 g/mol. The molecule has 1 saturated carbocycles. The molecule has 2 nitrogen and oxygen atoms in total. The van der Waals surface area contributed by atoms with Crippen LogP contribution in [-0.4, -0.2) is 12.8 Å². The van der Waals surface area contributed by atoms with Gasteiger partial charge in [-0.3, -0.25) is 0 Å². The van der Waals surface area contributed by atoms with Crippen molar-refractivity contribution in [3.05, 3.63) is 28.2 Å². The number of halogens is 1. The zero-order valence-corrected chi connectivity index (χ0v) is 9.60. The van der Waals surface area contributed by atoms with Crippen molar-refractivity contribution in [1.82, 2.24) is 0 Å². The van der Waals surface area contributed by atoms with E-state index >= 15 is 0 Å². The van der Waals surface area contributed by atoms with Crippen LogP contribution in [0.3, 0.4) is 0 Å². The van der Waals surface area contributed by atoms with Gasteiger partial charge in [-0.25, -0.2) is 0 Å². The van der Waals surface area contributed by atoms with Crippen LogP contribution in [0.5, 0.6) is 5.75 Å². The highest BCUT2D eigenvalue weighted by atomic mass is 79.9. The Balaban J connectivity index is 2.27. The van der Waals surface area contributed by atoms with Gasteiger partial charge >= 0.3 is 0 Å². The van der Waals surface area contributed by atoms with E-state index in [2.05, 4.69) is 15.9 Å². The van der Waals surface area contributed by atoms with E-state index in [9.17, 15) is 0 Å². The van der Waals surface area contributed by atoms with Gasteiger partial charge in [0.1, 0.15) is 5.75 Å². The molecule has 2 rings (SSSR count). The van der Waals surface area contributed by atoms with Crippen molar-refractivity contribution in [2.24, 2.45) is 5.92 Å². The first-order valence-corrected chi connectivity index (χ1v) is 5.44. The Kier molecular flexibility index (Phi) is 2.59. The highest BCUT2D eigenvalue weighted by Crippen LogP contribution is 2.34. The maximum Gasteiger partial charge on any atom is 0.133 e. The fraction of sp³-hybridized carbons (Fsp3) is 0.364. The lowest BCUT2D eigenvalue weighted by Crippen LogP contribution is -2.01. The van der Waals surface area contributed by atoms with Gasteiger partial charge < -0.3 is 10.1 Å². The molecule has 14 heavy (non-hydrogen) atoms. The number of ether oxygens (including phenoxy) is 1. The van der Waals surface area contributed by atoms with Crippen LogP contribution in [0, 0.1) is 11.3 Å². The molecule has 1 aliphatic carbocycles. The maximum absolute atomic E-state index is 7.91. The molecule has 0 bridgehead atoms. The molecule has 0 heterocycles. The van der Waals surface area contributed by atoms with Crippen molar-refractivity contribution < 1.29 is 4.74 Å². The number of methoxy groups -OCH3 is 1. The summed E-state index contributed by atoms with van der Waals surface area (Å²) in [5.41, 5.74) is 1.76. The van der Waals surface area contributed by atoms with E-state index in [0.717, 1.165) is 21.5 Å². The van der Waals surface area contributed by atoms with E-state index in [-0.39, 0.29) is 0 Å². The molecule has 0 spiro atoms. The Bertz CT molecular complexity index is 372. The molecule has 0 saturated heterocycles. The highest BCUT2D eigenvalue weighted by Gasteiger charge is 2.27. The fourth-order valence-corrected chi connectivity index (χ4v) is 1.98. The SMILES string of the molecule is COc1ccc(C(=N)C2CC2)cc1Br. The molecule has 0 aromatic heterocycles. The summed E-state index contributed by atoms with van der Waals surface area (Å²) in [5.74, 6) is 1.31. The standard InChI is InChI=1S/C11H12BrNO/c1-14-10-5-4-8(6-9(10)12)11(13)7-2-3-7/h4-7,13H,2-3H2,1H3. The smallest absolute Gasteiger partial charge is 0.133 e. The number of hydrogen-bond donors (Lipinski definition) is 1. The minimum Gasteiger partial charge on any atom is -0.496 e. The van der Waals surface area contributed by atoms with E-state index in [1.807, 2.05) is 18.2 Å². The van der Waals surface area contributed by atoms with Gasteiger partial charge in [-0.05, 0) is 52.5 Å². The van der Waals surface area contributed by atoms with Crippen LogP contribution in [0.25, 0.3) is 0 Å². The van der Waals surface area contributed by atoms with Crippen LogP contribution in [0.1, 0.15) is 18.4 Å². The molecule has 1 aromatic rings. The van der Waals surface area contributed by atoms with E-state index in [1.54, 1.807) is 7.11 Å². The van der Waals surface area contributed by atoms with Crippen LogP contribution in [0.15, 0.2) is 22.7 Å². The van der Waals surface area contributed by atoms with Gasteiger partial charge in [0.2, 0.25) is 0 Å². The van der Waals surface area contributed by atoms with Crippen molar-refractivity contribution in [1.29, 1.82) is 5.41 Å². The molecule has 0 radical (unpaired) electrons. The molecular weight excluding hydrogens is 242 g/mol. The summed E-state index contributed by atoms with van der Waals surface area (Å²) in [5, 5.41) is 7.91. The van der Waals surface area contributed by atoms with Crippen LogP contribution in [-0.2, 0) is 0 Å². The minimum absolute atomic E-state index is 0.496. The van der Waals surface area contributed by atoms with E-state index < -0.39 is 0 Å². The lowest BCUT2D eigenvalue weighted by Gasteiger charge is -2.06. The van der Waals surface area contributed by atoms with Crippen LogP contribution >= 0.6 is 15.9 Å². The van der Waals surface area contributed by atoms with E-state index in [0.29, 0.717) is 5.92 Å². The van der Waals surface area contributed by atoms with Gasteiger partial charge in [-0.1, -0.05) is 0 Å². The number of benzene rings is 1. The topological polar surface area (TPSA) is 33.1 Å². The van der Waals surface area contributed by atoms with Crippen molar-refractivity contribution in [3.63, 3.8) is 0 Å². The molecule has 0 amide bonds. The van der Waals surface area contributed by atoms with Crippen LogP contribution in [0.2, 0.25) is 0 Å². The monoisotopic (exact) mass is 253 g/mol. The quantitative estimate of drug-likeness (QED) is 0.825. The largest absolute Gasteiger partial charge is 0.496 e. The Morgan fingerprint density at radius 3 is 2.71 bits per heavy atom. The molecular formula is C11H12BrNO. The molecule has 0 aliphatic heterocycles. The third-order valence-corrected chi connectivity index (χ3v) is 3.07. The zero-order valence-electron chi connectivity index (χ0n) is 8.01. The van der Waals surface area contributed by atoms with E-state index in [4.69, 9.17) is 10.1 Å². The lowest BCUT2D eigenvalue weighted by atomic mass is 10.1. The van der Waals surface area contributed by atoms with Gasteiger partial charge in [-0.15, -0.1) is 0 Å². The number of nitrogens with one attached hydrogen (secondary N) is 1. The summed E-state index contributed by atoms with van der Waals surface area (Å²) in [4.78, 5) is 0. The fourth-order valence-electron chi connectivity index (χ4n) is 1.44. The lowest BCUT2D eigenvalue weighted by molar-refractivity contribution is 0.412. The first-order chi connectivity index (χ1) is 6.72. The molecule has 0 atom stereocenters. The van der Waals surface area contributed by atoms with E-state index in [1.165, 1.54) is 12.8 Å². The summed E-state index contributed by atoms with van der Waals surface area (Å²) >= 11 is 3.42. The summed E-state index contributed by atoms with van der Waals surface area (Å²) in [6.45, 7) is 0. The maximum atomic E-state index is 7.91. The van der Waals surface area contributed by atoms with Crippen molar-refractivity contribution >= 4 is 21.6 Å². The Morgan fingerprint density at radius 1 is 1.50 bits per heavy atom. The predicted octanol–water partition coefficient (Wildman–Crippen LogP) is 3.24. The predicted molar refractivity (Wildman–Crippen MR) is 60.2 cm³/mol. The van der Waals surface area contributed by atoms with Crippen molar-refractivity contribution in [3.8, 4) is 5.75 Å². The van der Waals surface area contributed by atoms with Crippen LogP contribution < -0.4 is 4.74 Å². The Hall–Kier alpha value is -0.830. The van der Waals surface area contributed by atoms with Gasteiger partial charge in [0.15, 0.2) is 0 Å². The molecule has 1 fully saturated rings. The molecule has 0 unspecified atom stereocenters. The second-order valence-electron chi connectivity index (χ2n) is 3.54. The molecule has 1 N–H and O–H groups in total. The van der Waals surface area contributed by atoms with Crippen molar-refractivity contribution in [2.45, 2.75) is 12.8 Å². The normalized spacial score (nSPS) is 15.3. The third kappa shape index (κ3) is 1.82. The first-order valence-electron chi connectivity index (χ1n) is 4.64. The first kappa shape index (κ1) is 9.71. The molecule has 74 valence electrons. The minimum atomic E-state index is 0.496. The van der Waals surface area contributed by atoms with Crippen LogP contribution in [0.4, 0.5) is 0 Å².